The van der Waals surface area contributed by atoms with Gasteiger partial charge in [-0.2, -0.15) is 0 Å². The van der Waals surface area contributed by atoms with Crippen molar-refractivity contribution in [1.29, 1.82) is 0 Å². The number of amides is 2. The van der Waals surface area contributed by atoms with Crippen LogP contribution in [0.1, 0.15) is 89.1 Å². The average molecular weight is 651 g/mol. The highest BCUT2D eigenvalue weighted by Gasteiger charge is 2.29. The second kappa shape index (κ2) is 20.6. The Morgan fingerprint density at radius 1 is 1.00 bits per heavy atom. The van der Waals surface area contributed by atoms with E-state index in [0.29, 0.717) is 37.4 Å². The molecule has 1 aromatic heterocycles. The summed E-state index contributed by atoms with van der Waals surface area (Å²) in [5.74, 6) is -0.799. The maximum Gasteiger partial charge on any atom is 0.329 e. The van der Waals surface area contributed by atoms with Gasteiger partial charge in [-0.3, -0.25) is 24.3 Å². The standard InChI is InChI=1S/C36H50N4O5S/c1-4-5-6-7-11-20-34(43)46-21-13-12-19-31-22-32(41)37-23-29-17-14-18-30(38-29)25-40(24-28-15-9-8-10-16-28)26-33(42)39-35(27(2)3)36(44)45-31/h8-10,12,14-19,27,31,35H,4-7,11,13,20-26H2,1-3H3,(H,37,41)(H,39,42)/t31-,35+/m1/s1. The van der Waals surface area contributed by atoms with E-state index < -0.39 is 18.1 Å². The lowest BCUT2D eigenvalue weighted by Gasteiger charge is -2.26. The van der Waals surface area contributed by atoms with Crippen LogP contribution in [-0.4, -0.2) is 57.2 Å². The summed E-state index contributed by atoms with van der Waals surface area (Å²) in [7, 11) is 0. The first-order chi connectivity index (χ1) is 22.2. The van der Waals surface area contributed by atoms with Crippen molar-refractivity contribution in [3.63, 3.8) is 0 Å². The van der Waals surface area contributed by atoms with Gasteiger partial charge in [0.2, 0.25) is 11.8 Å². The van der Waals surface area contributed by atoms with Crippen LogP contribution in [-0.2, 0) is 43.5 Å². The van der Waals surface area contributed by atoms with Gasteiger partial charge in [-0.1, -0.05) is 101 Å². The number of hydrogen-bond acceptors (Lipinski definition) is 8. The van der Waals surface area contributed by atoms with Crippen molar-refractivity contribution in [3.05, 3.63) is 77.6 Å². The number of carbonyl (C=O) groups is 4. The largest absolute Gasteiger partial charge is 0.456 e. The number of allylic oxidation sites excluding steroid dienone is 1. The molecular weight excluding hydrogens is 600 g/mol. The van der Waals surface area contributed by atoms with Gasteiger partial charge < -0.3 is 15.4 Å². The summed E-state index contributed by atoms with van der Waals surface area (Å²) < 4.78 is 5.82. The molecule has 9 nitrogen and oxygen atoms in total. The number of esters is 1. The Morgan fingerprint density at radius 2 is 1.76 bits per heavy atom. The fraction of sp³-hybridized carbons (Fsp3) is 0.528. The van der Waals surface area contributed by atoms with Crippen LogP contribution in [0, 0.1) is 5.92 Å². The number of carbonyl (C=O) groups excluding carboxylic acids is 4. The molecule has 1 aromatic carbocycles. The number of hydrogen-bond donors (Lipinski definition) is 2. The fourth-order valence-corrected chi connectivity index (χ4v) is 5.89. The topological polar surface area (TPSA) is 118 Å². The molecule has 0 radical (unpaired) electrons. The molecule has 0 unspecified atom stereocenters. The van der Waals surface area contributed by atoms with Crippen LogP contribution in [0.2, 0.25) is 0 Å². The summed E-state index contributed by atoms with van der Waals surface area (Å²) in [5, 5.41) is 5.97. The monoisotopic (exact) mass is 650 g/mol. The number of thioether (sulfide) groups is 1. The number of aromatic nitrogens is 1. The van der Waals surface area contributed by atoms with E-state index in [4.69, 9.17) is 9.72 Å². The quantitative estimate of drug-likeness (QED) is 0.161. The molecule has 2 heterocycles. The van der Waals surface area contributed by atoms with Gasteiger partial charge in [0, 0.05) is 25.3 Å². The first kappa shape index (κ1) is 37.0. The summed E-state index contributed by atoms with van der Waals surface area (Å²) in [6.07, 6.45) is 9.40. The third kappa shape index (κ3) is 14.3. The molecule has 2 bridgehead atoms. The minimum Gasteiger partial charge on any atom is -0.456 e. The highest BCUT2D eigenvalue weighted by Crippen LogP contribution is 2.15. The molecule has 3 rings (SSSR count). The van der Waals surface area contributed by atoms with Crippen LogP contribution < -0.4 is 10.6 Å². The van der Waals surface area contributed by atoms with Crippen LogP contribution in [0.25, 0.3) is 0 Å². The number of benzene rings is 1. The number of pyridine rings is 1. The van der Waals surface area contributed by atoms with Gasteiger partial charge in [0.1, 0.15) is 12.1 Å². The molecule has 10 heteroatoms. The summed E-state index contributed by atoms with van der Waals surface area (Å²) in [5.41, 5.74) is 2.52. The van der Waals surface area contributed by atoms with E-state index in [9.17, 15) is 19.2 Å². The minimum atomic E-state index is -0.884. The minimum absolute atomic E-state index is 0.0620. The molecular formula is C36H50N4O5S. The lowest BCUT2D eigenvalue weighted by atomic mass is 10.0. The molecule has 0 aliphatic carbocycles. The molecule has 2 N–H and O–H groups in total. The number of rotatable bonds is 13. The van der Waals surface area contributed by atoms with E-state index in [1.54, 1.807) is 6.08 Å². The normalized spacial score (nSPS) is 18.7. The smallest absolute Gasteiger partial charge is 0.329 e. The van der Waals surface area contributed by atoms with Gasteiger partial charge in [-0.05, 0) is 42.5 Å². The Hall–Kier alpha value is -3.50. The Kier molecular flexibility index (Phi) is 16.5. The number of unbranched alkanes of at least 4 members (excludes halogenated alkanes) is 4. The third-order valence-corrected chi connectivity index (χ3v) is 8.57. The van der Waals surface area contributed by atoms with Gasteiger partial charge in [-0.25, -0.2) is 4.79 Å². The van der Waals surface area contributed by atoms with Crippen LogP contribution in [0.4, 0.5) is 0 Å². The van der Waals surface area contributed by atoms with E-state index in [0.717, 1.165) is 24.1 Å². The van der Waals surface area contributed by atoms with Gasteiger partial charge in [0.15, 0.2) is 5.12 Å². The molecule has 0 fully saturated rings. The van der Waals surface area contributed by atoms with Crippen molar-refractivity contribution in [2.24, 2.45) is 5.92 Å². The maximum absolute atomic E-state index is 13.4. The SMILES string of the molecule is CCCCCCCC(=O)SCCC=C[C@@H]1CC(=O)NCc2cccc(n2)CN(Cc2ccccc2)CC(=O)N[C@@H](C(C)C)C(=O)O1. The van der Waals surface area contributed by atoms with E-state index in [1.165, 1.54) is 31.0 Å². The molecule has 0 saturated heterocycles. The Morgan fingerprint density at radius 3 is 2.52 bits per heavy atom. The highest BCUT2D eigenvalue weighted by atomic mass is 32.2. The van der Waals surface area contributed by atoms with Gasteiger partial charge in [0.05, 0.1) is 30.9 Å². The van der Waals surface area contributed by atoms with Crippen molar-refractivity contribution in [2.75, 3.05) is 12.3 Å². The molecule has 2 atom stereocenters. The molecule has 2 amide bonds. The predicted molar refractivity (Wildman–Crippen MR) is 183 cm³/mol. The molecule has 0 spiro atoms. The second-order valence-electron chi connectivity index (χ2n) is 12.1. The van der Waals surface area contributed by atoms with Crippen LogP contribution >= 0.6 is 11.8 Å². The maximum atomic E-state index is 13.4. The number of cyclic esters (lactones) is 1. The Balaban J connectivity index is 1.70. The highest BCUT2D eigenvalue weighted by molar-refractivity contribution is 8.13. The molecule has 1 aliphatic heterocycles. The van der Waals surface area contributed by atoms with E-state index in [-0.39, 0.29) is 42.4 Å². The second-order valence-corrected chi connectivity index (χ2v) is 13.3. The van der Waals surface area contributed by atoms with Crippen molar-refractivity contribution >= 4 is 34.7 Å². The van der Waals surface area contributed by atoms with Crippen LogP contribution in [0.15, 0.2) is 60.7 Å². The number of fused-ring (bicyclic) bond motifs is 2. The lowest BCUT2D eigenvalue weighted by Crippen LogP contribution is -2.49. The molecule has 46 heavy (non-hydrogen) atoms. The number of nitrogens with one attached hydrogen (secondary N) is 2. The Labute approximate surface area is 278 Å². The first-order valence-corrected chi connectivity index (χ1v) is 17.5. The van der Waals surface area contributed by atoms with E-state index in [2.05, 4.69) is 17.6 Å². The van der Waals surface area contributed by atoms with Crippen molar-refractivity contribution in [3.8, 4) is 0 Å². The number of nitrogens with zero attached hydrogens (tertiary/aromatic N) is 2. The molecule has 0 saturated carbocycles. The van der Waals surface area contributed by atoms with Crippen LogP contribution in [0.3, 0.4) is 0 Å². The van der Waals surface area contributed by atoms with Crippen molar-refractivity contribution in [2.45, 2.75) is 104 Å². The van der Waals surface area contributed by atoms with Crippen molar-refractivity contribution < 1.29 is 23.9 Å². The molecule has 250 valence electrons. The summed E-state index contributed by atoms with van der Waals surface area (Å²) >= 11 is 1.32. The van der Waals surface area contributed by atoms with Crippen LogP contribution in [0.5, 0.6) is 0 Å². The molecule has 1 aliphatic rings. The average Bonchev–Trinajstić information content (AvgIpc) is 3.02. The van der Waals surface area contributed by atoms with E-state index >= 15 is 0 Å². The Bertz CT molecular complexity index is 1290. The summed E-state index contributed by atoms with van der Waals surface area (Å²) in [4.78, 5) is 58.6. The fourth-order valence-electron chi connectivity index (χ4n) is 5.12. The third-order valence-electron chi connectivity index (χ3n) is 7.61. The zero-order valence-electron chi connectivity index (χ0n) is 27.5. The van der Waals surface area contributed by atoms with E-state index in [1.807, 2.05) is 73.4 Å². The predicted octanol–water partition coefficient (Wildman–Crippen LogP) is 5.72. The van der Waals surface area contributed by atoms with Crippen molar-refractivity contribution in [1.82, 2.24) is 20.5 Å². The summed E-state index contributed by atoms with van der Waals surface area (Å²) in [6, 6.07) is 14.6. The molecule has 2 aromatic rings. The van der Waals surface area contributed by atoms with Gasteiger partial charge >= 0.3 is 5.97 Å². The number of ether oxygens (including phenoxy) is 1. The zero-order chi connectivity index (χ0) is 33.1. The zero-order valence-corrected chi connectivity index (χ0v) is 28.4. The summed E-state index contributed by atoms with van der Waals surface area (Å²) in [6.45, 7) is 7.08. The first-order valence-electron chi connectivity index (χ1n) is 16.5. The lowest BCUT2D eigenvalue weighted by molar-refractivity contribution is -0.153. The van der Waals surface area contributed by atoms with Gasteiger partial charge in [0.25, 0.3) is 0 Å². The van der Waals surface area contributed by atoms with Gasteiger partial charge in [-0.15, -0.1) is 0 Å².